The predicted molar refractivity (Wildman–Crippen MR) is 80.7 cm³/mol. The molecule has 18 heavy (non-hydrogen) atoms. The zero-order valence-corrected chi connectivity index (χ0v) is 13.2. The molecule has 0 aromatic heterocycles. The molecular weight excluding hydrogens is 216 g/mol. The Morgan fingerprint density at radius 3 is 1.00 bits per heavy atom. The maximum absolute atomic E-state index is 2.48. The standard InChI is InChI=1S/C10H18.C8H16/c1-9-3-6-10(2,7-4-9)8-5-9;1-7-3-5-8(2)6-4-7/h3-8H2,1-2H3;7-8H,3-6H2,1-2H3. The molecule has 106 valence electrons. The van der Waals surface area contributed by atoms with Gasteiger partial charge in [-0.25, -0.2) is 0 Å². The molecule has 0 aliphatic heterocycles. The number of hydrogen-bond donors (Lipinski definition) is 0. The van der Waals surface area contributed by atoms with E-state index < -0.39 is 0 Å². The van der Waals surface area contributed by atoms with Gasteiger partial charge >= 0.3 is 0 Å². The highest BCUT2D eigenvalue weighted by atomic mass is 14.5. The molecule has 0 unspecified atom stereocenters. The average molecular weight is 250 g/mol. The van der Waals surface area contributed by atoms with E-state index in [1.54, 1.807) is 0 Å². The zero-order valence-electron chi connectivity index (χ0n) is 13.2. The molecule has 2 bridgehead atoms. The minimum atomic E-state index is 0.762. The van der Waals surface area contributed by atoms with Gasteiger partial charge in [0.2, 0.25) is 0 Å². The fourth-order valence-electron chi connectivity index (χ4n) is 3.99. The molecule has 0 spiro atoms. The van der Waals surface area contributed by atoms with E-state index in [4.69, 9.17) is 0 Å². The van der Waals surface area contributed by atoms with E-state index >= 15 is 0 Å². The van der Waals surface area contributed by atoms with Crippen molar-refractivity contribution in [2.45, 2.75) is 91.9 Å². The molecule has 4 saturated carbocycles. The van der Waals surface area contributed by atoms with Crippen LogP contribution in [-0.2, 0) is 0 Å². The van der Waals surface area contributed by atoms with Crippen LogP contribution < -0.4 is 0 Å². The molecule has 4 rings (SSSR count). The van der Waals surface area contributed by atoms with E-state index in [9.17, 15) is 0 Å². The van der Waals surface area contributed by atoms with Crippen LogP contribution in [0, 0.1) is 22.7 Å². The summed E-state index contributed by atoms with van der Waals surface area (Å²) in [4.78, 5) is 0. The highest BCUT2D eigenvalue weighted by Gasteiger charge is 2.42. The lowest BCUT2D eigenvalue weighted by molar-refractivity contribution is 0.0164. The van der Waals surface area contributed by atoms with Crippen LogP contribution in [0.1, 0.15) is 91.9 Å². The van der Waals surface area contributed by atoms with Crippen molar-refractivity contribution in [2.75, 3.05) is 0 Å². The van der Waals surface area contributed by atoms with Crippen LogP contribution in [0.4, 0.5) is 0 Å². The predicted octanol–water partition coefficient (Wildman–Crippen LogP) is 6.20. The zero-order chi connectivity index (χ0) is 13.2. The summed E-state index contributed by atoms with van der Waals surface area (Å²) < 4.78 is 0. The van der Waals surface area contributed by atoms with E-state index in [1.165, 1.54) is 64.2 Å². The van der Waals surface area contributed by atoms with Gasteiger partial charge in [0.05, 0.1) is 0 Å². The monoisotopic (exact) mass is 250 g/mol. The van der Waals surface area contributed by atoms with Crippen molar-refractivity contribution in [2.24, 2.45) is 22.7 Å². The maximum Gasteiger partial charge on any atom is -0.0325 e. The van der Waals surface area contributed by atoms with Crippen LogP contribution in [0.3, 0.4) is 0 Å². The molecule has 0 aromatic rings. The van der Waals surface area contributed by atoms with Gasteiger partial charge in [0.15, 0.2) is 0 Å². The third kappa shape index (κ3) is 3.75. The van der Waals surface area contributed by atoms with Gasteiger partial charge in [-0.05, 0) is 61.2 Å². The number of rotatable bonds is 0. The molecule has 0 saturated heterocycles. The van der Waals surface area contributed by atoms with Gasteiger partial charge in [-0.3, -0.25) is 0 Å². The van der Waals surface area contributed by atoms with E-state index in [-0.39, 0.29) is 0 Å². The first-order valence-electron chi connectivity index (χ1n) is 8.41. The Labute approximate surface area is 115 Å². The van der Waals surface area contributed by atoms with Crippen molar-refractivity contribution in [3.8, 4) is 0 Å². The van der Waals surface area contributed by atoms with Gasteiger partial charge in [0.25, 0.3) is 0 Å². The van der Waals surface area contributed by atoms with Gasteiger partial charge in [-0.1, -0.05) is 53.4 Å². The minimum Gasteiger partial charge on any atom is -0.0625 e. The fourth-order valence-corrected chi connectivity index (χ4v) is 3.99. The molecule has 0 amide bonds. The molecular formula is C18H34. The minimum absolute atomic E-state index is 0.762. The summed E-state index contributed by atoms with van der Waals surface area (Å²) in [6.07, 6.45) is 14.9. The van der Waals surface area contributed by atoms with E-state index in [0.717, 1.165) is 22.7 Å². The molecule has 4 aliphatic carbocycles. The van der Waals surface area contributed by atoms with E-state index in [0.29, 0.717) is 0 Å². The van der Waals surface area contributed by atoms with Crippen LogP contribution in [0.2, 0.25) is 0 Å². The van der Waals surface area contributed by atoms with E-state index in [2.05, 4.69) is 27.7 Å². The first-order chi connectivity index (χ1) is 8.41. The molecule has 0 atom stereocenters. The van der Waals surface area contributed by atoms with Crippen molar-refractivity contribution < 1.29 is 0 Å². The lowest BCUT2D eigenvalue weighted by atomic mass is 9.55. The normalized spacial score (nSPS) is 47.3. The summed E-state index contributed by atoms with van der Waals surface area (Å²) in [6.45, 7) is 9.69. The summed E-state index contributed by atoms with van der Waals surface area (Å²) >= 11 is 0. The van der Waals surface area contributed by atoms with Crippen molar-refractivity contribution >= 4 is 0 Å². The smallest absolute Gasteiger partial charge is 0.0325 e. The highest BCUT2D eigenvalue weighted by Crippen LogP contribution is 2.56. The van der Waals surface area contributed by atoms with Gasteiger partial charge in [-0.15, -0.1) is 0 Å². The molecule has 4 aliphatic rings. The SMILES string of the molecule is CC12CCC(C)(CC1)CC2.CC1CCC(C)CC1. The molecule has 0 heterocycles. The van der Waals surface area contributed by atoms with Gasteiger partial charge in [0, 0.05) is 0 Å². The summed E-state index contributed by atoms with van der Waals surface area (Å²) in [5.41, 5.74) is 1.52. The van der Waals surface area contributed by atoms with Gasteiger partial charge in [0.1, 0.15) is 0 Å². The Morgan fingerprint density at radius 2 is 0.778 bits per heavy atom. The quantitative estimate of drug-likeness (QED) is 0.480. The van der Waals surface area contributed by atoms with E-state index in [1.807, 2.05) is 0 Å². The first kappa shape index (κ1) is 14.4. The number of hydrogen-bond acceptors (Lipinski definition) is 0. The lowest BCUT2D eigenvalue weighted by Gasteiger charge is -2.50. The molecule has 0 N–H and O–H groups in total. The Balaban J connectivity index is 0.000000138. The summed E-state index contributed by atoms with van der Waals surface area (Å²) in [5, 5.41) is 0. The second-order valence-corrected chi connectivity index (χ2v) is 8.49. The average Bonchev–Trinajstić information content (AvgIpc) is 2.36. The Hall–Kier alpha value is 0. The topological polar surface area (TPSA) is 0 Å². The van der Waals surface area contributed by atoms with Crippen molar-refractivity contribution in [1.29, 1.82) is 0 Å². The third-order valence-electron chi connectivity index (χ3n) is 6.30. The van der Waals surface area contributed by atoms with Crippen LogP contribution in [0.25, 0.3) is 0 Å². The summed E-state index contributed by atoms with van der Waals surface area (Å²) in [7, 11) is 0. The van der Waals surface area contributed by atoms with Crippen molar-refractivity contribution in [3.05, 3.63) is 0 Å². The van der Waals surface area contributed by atoms with Crippen LogP contribution >= 0.6 is 0 Å². The fraction of sp³-hybridized carbons (Fsp3) is 1.00. The second kappa shape index (κ2) is 5.55. The van der Waals surface area contributed by atoms with Gasteiger partial charge < -0.3 is 0 Å². The third-order valence-corrected chi connectivity index (χ3v) is 6.30. The Morgan fingerprint density at radius 1 is 0.556 bits per heavy atom. The van der Waals surface area contributed by atoms with Crippen LogP contribution in [-0.4, -0.2) is 0 Å². The number of fused-ring (bicyclic) bond motifs is 3. The maximum atomic E-state index is 2.48. The van der Waals surface area contributed by atoms with Gasteiger partial charge in [-0.2, -0.15) is 0 Å². The molecule has 4 fully saturated rings. The second-order valence-electron chi connectivity index (χ2n) is 8.49. The summed E-state index contributed by atoms with van der Waals surface area (Å²) in [6, 6.07) is 0. The Kier molecular flexibility index (Phi) is 4.44. The molecule has 0 nitrogen and oxygen atoms in total. The van der Waals surface area contributed by atoms with Crippen molar-refractivity contribution in [1.82, 2.24) is 0 Å². The lowest BCUT2D eigenvalue weighted by Crippen LogP contribution is -2.37. The first-order valence-corrected chi connectivity index (χ1v) is 8.41. The van der Waals surface area contributed by atoms with Crippen LogP contribution in [0.5, 0.6) is 0 Å². The van der Waals surface area contributed by atoms with Crippen molar-refractivity contribution in [3.63, 3.8) is 0 Å². The molecule has 0 radical (unpaired) electrons. The molecule has 0 aromatic carbocycles. The largest absolute Gasteiger partial charge is 0.0625 e. The highest BCUT2D eigenvalue weighted by molar-refractivity contribution is 4.94. The Bertz CT molecular complexity index is 205. The van der Waals surface area contributed by atoms with Crippen LogP contribution in [0.15, 0.2) is 0 Å². The molecule has 0 heteroatoms. The summed E-state index contributed by atoms with van der Waals surface area (Å²) in [5.74, 6) is 2.04.